The van der Waals surface area contributed by atoms with Crippen LogP contribution >= 0.6 is 0 Å². The molecule has 0 aromatic heterocycles. The number of aryl methyl sites for hydroxylation is 1. The number of benzene rings is 1. The number of carbonyl (C=O) groups is 1. The summed E-state index contributed by atoms with van der Waals surface area (Å²) < 4.78 is 5.02. The van der Waals surface area contributed by atoms with Crippen LogP contribution in [0.5, 0.6) is 0 Å². The Bertz CT molecular complexity index is 360. The van der Waals surface area contributed by atoms with E-state index in [-0.39, 0.29) is 12.2 Å². The minimum Gasteiger partial charge on any atom is -0.438 e. The van der Waals surface area contributed by atoms with Crippen molar-refractivity contribution in [3.8, 4) is 0 Å². The second kappa shape index (κ2) is 2.76. The molecule has 1 aliphatic heterocycles. The molecule has 68 valence electrons. The van der Waals surface area contributed by atoms with E-state index in [2.05, 4.69) is 5.32 Å². The van der Waals surface area contributed by atoms with Crippen LogP contribution in [0.15, 0.2) is 18.2 Å². The number of esters is 1. The molecule has 3 heteroatoms. The number of anilines is 1. The molecule has 0 amide bonds. The molecule has 1 unspecified atom stereocenters. The first-order chi connectivity index (χ1) is 6.16. The maximum Gasteiger partial charge on any atom is 0.342 e. The van der Waals surface area contributed by atoms with Crippen molar-refractivity contribution in [3.05, 3.63) is 29.3 Å². The van der Waals surface area contributed by atoms with Crippen molar-refractivity contribution in [1.82, 2.24) is 0 Å². The minimum atomic E-state index is -0.245. The van der Waals surface area contributed by atoms with E-state index in [9.17, 15) is 4.79 Å². The van der Waals surface area contributed by atoms with Crippen molar-refractivity contribution < 1.29 is 9.53 Å². The number of fused-ring (bicyclic) bond motifs is 1. The molecule has 0 radical (unpaired) electrons. The predicted octanol–water partition coefficient (Wildman–Crippen LogP) is 1.92. The molecule has 2 rings (SSSR count). The third-order valence-corrected chi connectivity index (χ3v) is 2.04. The normalized spacial score (nSPS) is 20.2. The molecule has 0 aliphatic carbocycles. The molecule has 0 bridgehead atoms. The highest BCUT2D eigenvalue weighted by molar-refractivity contribution is 5.97. The van der Waals surface area contributed by atoms with Crippen LogP contribution in [0.2, 0.25) is 0 Å². The van der Waals surface area contributed by atoms with Gasteiger partial charge in [0.15, 0.2) is 6.23 Å². The van der Waals surface area contributed by atoms with E-state index >= 15 is 0 Å². The fraction of sp³-hybridized carbons (Fsp3) is 0.300. The molecule has 0 saturated carbocycles. The summed E-state index contributed by atoms with van der Waals surface area (Å²) in [5.41, 5.74) is 2.54. The van der Waals surface area contributed by atoms with Crippen LogP contribution in [0.3, 0.4) is 0 Å². The van der Waals surface area contributed by atoms with E-state index < -0.39 is 0 Å². The zero-order valence-electron chi connectivity index (χ0n) is 7.63. The number of carbonyl (C=O) groups excluding carboxylic acids is 1. The van der Waals surface area contributed by atoms with Crippen LogP contribution in [0.25, 0.3) is 0 Å². The Hall–Kier alpha value is -1.51. The van der Waals surface area contributed by atoms with Crippen LogP contribution in [0.1, 0.15) is 22.8 Å². The third kappa shape index (κ3) is 1.37. The van der Waals surface area contributed by atoms with Gasteiger partial charge in [-0.25, -0.2) is 4.79 Å². The highest BCUT2D eigenvalue weighted by Crippen LogP contribution is 2.23. The average molecular weight is 177 g/mol. The lowest BCUT2D eigenvalue weighted by atomic mass is 10.1. The Kier molecular flexibility index (Phi) is 1.72. The van der Waals surface area contributed by atoms with Crippen LogP contribution in [0, 0.1) is 6.92 Å². The van der Waals surface area contributed by atoms with Gasteiger partial charge in [0.25, 0.3) is 0 Å². The Morgan fingerprint density at radius 3 is 3.00 bits per heavy atom. The van der Waals surface area contributed by atoms with Crippen molar-refractivity contribution in [2.24, 2.45) is 0 Å². The topological polar surface area (TPSA) is 38.3 Å². The number of nitrogens with one attached hydrogen (secondary N) is 1. The number of hydrogen-bond acceptors (Lipinski definition) is 3. The zero-order valence-corrected chi connectivity index (χ0v) is 7.63. The fourth-order valence-corrected chi connectivity index (χ4v) is 1.43. The highest BCUT2D eigenvalue weighted by atomic mass is 16.6. The maximum atomic E-state index is 11.4. The van der Waals surface area contributed by atoms with Crippen LogP contribution < -0.4 is 5.32 Å². The summed E-state index contributed by atoms with van der Waals surface area (Å²) in [7, 11) is 0. The molecule has 1 aromatic carbocycles. The SMILES string of the molecule is Cc1ccc2c(c1)C(=O)OC(C)N2. The first-order valence-electron chi connectivity index (χ1n) is 4.25. The Morgan fingerprint density at radius 2 is 2.23 bits per heavy atom. The quantitative estimate of drug-likeness (QED) is 0.615. The third-order valence-electron chi connectivity index (χ3n) is 2.04. The van der Waals surface area contributed by atoms with Gasteiger partial charge < -0.3 is 10.1 Å². The van der Waals surface area contributed by atoms with Gasteiger partial charge in [0, 0.05) is 0 Å². The van der Waals surface area contributed by atoms with E-state index in [0.717, 1.165) is 11.3 Å². The smallest absolute Gasteiger partial charge is 0.342 e. The Labute approximate surface area is 76.7 Å². The summed E-state index contributed by atoms with van der Waals surface area (Å²) in [5, 5.41) is 3.07. The van der Waals surface area contributed by atoms with Crippen LogP contribution in [-0.4, -0.2) is 12.2 Å². The monoisotopic (exact) mass is 177 g/mol. The van der Waals surface area contributed by atoms with Crippen molar-refractivity contribution in [2.75, 3.05) is 5.32 Å². The molecule has 0 fully saturated rings. The van der Waals surface area contributed by atoms with Gasteiger partial charge in [-0.15, -0.1) is 0 Å². The Balaban J connectivity index is 2.49. The van der Waals surface area contributed by atoms with Gasteiger partial charge in [-0.05, 0) is 26.0 Å². The second-order valence-corrected chi connectivity index (χ2v) is 3.24. The molecule has 0 spiro atoms. The van der Waals surface area contributed by atoms with Crippen molar-refractivity contribution >= 4 is 11.7 Å². The van der Waals surface area contributed by atoms with Gasteiger partial charge >= 0.3 is 5.97 Å². The van der Waals surface area contributed by atoms with E-state index in [0.29, 0.717) is 5.56 Å². The molecule has 1 aliphatic rings. The molecule has 13 heavy (non-hydrogen) atoms. The van der Waals surface area contributed by atoms with Gasteiger partial charge in [-0.1, -0.05) is 11.6 Å². The van der Waals surface area contributed by atoms with Crippen molar-refractivity contribution in [3.63, 3.8) is 0 Å². The summed E-state index contributed by atoms with van der Waals surface area (Å²) in [5.74, 6) is -0.245. The number of ether oxygens (including phenoxy) is 1. The van der Waals surface area contributed by atoms with E-state index in [1.54, 1.807) is 6.92 Å². The van der Waals surface area contributed by atoms with Crippen LogP contribution in [-0.2, 0) is 4.74 Å². The standard InChI is InChI=1S/C10H11NO2/c1-6-3-4-9-8(5-6)10(12)13-7(2)11-9/h3-5,7,11H,1-2H3. The summed E-state index contributed by atoms with van der Waals surface area (Å²) >= 11 is 0. The van der Waals surface area contributed by atoms with Crippen LogP contribution in [0.4, 0.5) is 5.69 Å². The maximum absolute atomic E-state index is 11.4. The first-order valence-corrected chi connectivity index (χ1v) is 4.25. The number of cyclic esters (lactones) is 1. The predicted molar refractivity (Wildman–Crippen MR) is 49.7 cm³/mol. The molecule has 0 saturated heterocycles. The fourth-order valence-electron chi connectivity index (χ4n) is 1.43. The minimum absolute atomic E-state index is 0.234. The van der Waals surface area contributed by atoms with Gasteiger partial charge in [0.2, 0.25) is 0 Å². The molecule has 1 aromatic rings. The molecule has 3 nitrogen and oxygen atoms in total. The summed E-state index contributed by atoms with van der Waals surface area (Å²) in [6.07, 6.45) is -0.234. The summed E-state index contributed by atoms with van der Waals surface area (Å²) in [6.45, 7) is 3.76. The van der Waals surface area contributed by atoms with Crippen molar-refractivity contribution in [2.45, 2.75) is 20.1 Å². The van der Waals surface area contributed by atoms with Gasteiger partial charge in [0.1, 0.15) is 0 Å². The van der Waals surface area contributed by atoms with E-state index in [1.807, 2.05) is 25.1 Å². The number of hydrogen-bond donors (Lipinski definition) is 1. The first kappa shape index (κ1) is 8.10. The molecule has 1 N–H and O–H groups in total. The average Bonchev–Trinajstić information content (AvgIpc) is 2.06. The largest absolute Gasteiger partial charge is 0.438 e. The molecular formula is C10H11NO2. The second-order valence-electron chi connectivity index (χ2n) is 3.24. The lowest BCUT2D eigenvalue weighted by Crippen LogP contribution is -2.29. The summed E-state index contributed by atoms with van der Waals surface area (Å²) in [6, 6.07) is 5.70. The van der Waals surface area contributed by atoms with Crippen molar-refractivity contribution in [1.29, 1.82) is 0 Å². The Morgan fingerprint density at radius 1 is 1.46 bits per heavy atom. The van der Waals surface area contributed by atoms with Gasteiger partial charge in [-0.3, -0.25) is 0 Å². The lowest BCUT2D eigenvalue weighted by Gasteiger charge is -2.23. The molecule has 1 heterocycles. The highest BCUT2D eigenvalue weighted by Gasteiger charge is 2.22. The van der Waals surface area contributed by atoms with E-state index in [1.165, 1.54) is 0 Å². The van der Waals surface area contributed by atoms with Gasteiger partial charge in [-0.2, -0.15) is 0 Å². The zero-order chi connectivity index (χ0) is 9.42. The molecule has 1 atom stereocenters. The summed E-state index contributed by atoms with van der Waals surface area (Å²) in [4.78, 5) is 11.4. The van der Waals surface area contributed by atoms with Gasteiger partial charge in [0.05, 0.1) is 11.3 Å². The number of rotatable bonds is 0. The molecular weight excluding hydrogens is 166 g/mol. The lowest BCUT2D eigenvalue weighted by molar-refractivity contribution is 0.0370. The van der Waals surface area contributed by atoms with E-state index in [4.69, 9.17) is 4.74 Å².